The summed E-state index contributed by atoms with van der Waals surface area (Å²) in [4.78, 5) is 6.75. The fraction of sp³-hybridized carbons (Fsp3) is 0.833. The van der Waals surface area contributed by atoms with E-state index in [-0.39, 0.29) is 0 Å². The molecule has 2 aliphatic rings. The molecule has 3 unspecified atom stereocenters. The van der Waals surface area contributed by atoms with E-state index in [1.54, 1.807) is 4.88 Å². The van der Waals surface area contributed by atoms with Crippen molar-refractivity contribution in [1.29, 1.82) is 0 Å². The molecule has 0 saturated heterocycles. The third-order valence-electron chi connectivity index (χ3n) is 5.15. The van der Waals surface area contributed by atoms with E-state index in [2.05, 4.69) is 26.1 Å². The minimum Gasteiger partial charge on any atom is -0.314 e. The van der Waals surface area contributed by atoms with Gasteiger partial charge in [0.15, 0.2) is 0 Å². The van der Waals surface area contributed by atoms with Crippen LogP contribution in [0.5, 0.6) is 0 Å². The number of aromatic nitrogens is 1. The lowest BCUT2D eigenvalue weighted by molar-refractivity contribution is 0.343. The van der Waals surface area contributed by atoms with Crippen LogP contribution in [-0.4, -0.2) is 17.6 Å². The summed E-state index contributed by atoms with van der Waals surface area (Å²) in [5.41, 5.74) is 1.45. The summed E-state index contributed by atoms with van der Waals surface area (Å²) in [5.74, 6) is 2.30. The Balaban J connectivity index is 1.74. The van der Waals surface area contributed by atoms with Crippen molar-refractivity contribution in [3.05, 3.63) is 15.6 Å². The van der Waals surface area contributed by atoms with Crippen molar-refractivity contribution in [3.8, 4) is 0 Å². The molecule has 1 aromatic rings. The maximum atomic E-state index is 5.15. The Hall–Kier alpha value is -0.410. The molecule has 0 amide bonds. The second-order valence-corrected chi connectivity index (χ2v) is 8.60. The summed E-state index contributed by atoms with van der Waals surface area (Å²) in [5, 5.41) is 5.08. The van der Waals surface area contributed by atoms with E-state index in [1.807, 2.05) is 11.3 Å². The zero-order chi connectivity index (χ0) is 14.8. The molecule has 3 rings (SSSR count). The molecule has 3 heteroatoms. The molecule has 0 aromatic carbocycles. The first-order valence-corrected chi connectivity index (χ1v) is 9.68. The molecular formula is C18H30N2S. The molecular weight excluding hydrogens is 276 g/mol. The van der Waals surface area contributed by atoms with Gasteiger partial charge in [-0.1, -0.05) is 33.6 Å². The average Bonchev–Trinajstić information content (AvgIpc) is 2.89. The van der Waals surface area contributed by atoms with Gasteiger partial charge in [0, 0.05) is 29.3 Å². The average molecular weight is 307 g/mol. The molecule has 0 radical (unpaired) electrons. The van der Waals surface area contributed by atoms with Gasteiger partial charge in [0.2, 0.25) is 0 Å². The van der Waals surface area contributed by atoms with Gasteiger partial charge in [0.25, 0.3) is 0 Å². The van der Waals surface area contributed by atoms with Crippen LogP contribution in [0.1, 0.15) is 86.7 Å². The van der Waals surface area contributed by atoms with Crippen molar-refractivity contribution in [2.75, 3.05) is 6.54 Å². The van der Waals surface area contributed by atoms with Crippen LogP contribution in [0, 0.1) is 5.92 Å². The summed E-state index contributed by atoms with van der Waals surface area (Å²) in [6, 6.07) is 0.577. The fourth-order valence-electron chi connectivity index (χ4n) is 3.94. The Morgan fingerprint density at radius 1 is 1.24 bits per heavy atom. The molecule has 1 heterocycles. The first kappa shape index (κ1) is 15.5. The van der Waals surface area contributed by atoms with E-state index in [4.69, 9.17) is 4.98 Å². The van der Waals surface area contributed by atoms with Gasteiger partial charge in [-0.25, -0.2) is 4.98 Å². The van der Waals surface area contributed by atoms with Crippen LogP contribution >= 0.6 is 11.3 Å². The van der Waals surface area contributed by atoms with E-state index in [1.165, 1.54) is 55.6 Å². The predicted octanol–water partition coefficient (Wildman–Crippen LogP) is 4.85. The van der Waals surface area contributed by atoms with Crippen molar-refractivity contribution < 1.29 is 0 Å². The van der Waals surface area contributed by atoms with Gasteiger partial charge in [-0.3, -0.25) is 0 Å². The smallest absolute Gasteiger partial charge is 0.0962 e. The summed E-state index contributed by atoms with van der Waals surface area (Å²) in [7, 11) is 0. The number of hydrogen-bond donors (Lipinski definition) is 1. The number of hydrogen-bond acceptors (Lipinski definition) is 3. The number of rotatable bonds is 4. The Kier molecular flexibility index (Phi) is 5.00. The van der Waals surface area contributed by atoms with Gasteiger partial charge >= 0.3 is 0 Å². The van der Waals surface area contributed by atoms with Crippen LogP contribution < -0.4 is 5.32 Å². The Bertz CT molecular complexity index is 466. The minimum atomic E-state index is 0.577. The second-order valence-electron chi connectivity index (χ2n) is 7.48. The van der Waals surface area contributed by atoms with Gasteiger partial charge in [0.05, 0.1) is 10.7 Å². The molecule has 3 atom stereocenters. The van der Waals surface area contributed by atoms with E-state index in [0.717, 1.165) is 18.4 Å². The SMILES string of the molecule is CC1CCCC(c2nc3c(s2)CCCC3CNC(C)C)C1. The highest BCUT2D eigenvalue weighted by Crippen LogP contribution is 2.42. The molecule has 1 aromatic heterocycles. The highest BCUT2D eigenvalue weighted by atomic mass is 32.1. The summed E-state index contributed by atoms with van der Waals surface area (Å²) >= 11 is 2.04. The van der Waals surface area contributed by atoms with Crippen LogP contribution in [0.4, 0.5) is 0 Å². The van der Waals surface area contributed by atoms with E-state index in [9.17, 15) is 0 Å². The van der Waals surface area contributed by atoms with Gasteiger partial charge in [0.1, 0.15) is 0 Å². The van der Waals surface area contributed by atoms with Crippen LogP contribution in [0.25, 0.3) is 0 Å². The minimum absolute atomic E-state index is 0.577. The molecule has 0 aliphatic heterocycles. The lowest BCUT2D eigenvalue weighted by Crippen LogP contribution is -2.29. The topological polar surface area (TPSA) is 24.9 Å². The van der Waals surface area contributed by atoms with Gasteiger partial charge in [-0.15, -0.1) is 11.3 Å². The summed E-state index contributed by atoms with van der Waals surface area (Å²) < 4.78 is 0. The van der Waals surface area contributed by atoms with Crippen molar-refractivity contribution >= 4 is 11.3 Å². The highest BCUT2D eigenvalue weighted by molar-refractivity contribution is 7.11. The molecule has 0 spiro atoms. The van der Waals surface area contributed by atoms with Crippen molar-refractivity contribution in [1.82, 2.24) is 10.3 Å². The third-order valence-corrected chi connectivity index (χ3v) is 6.44. The lowest BCUT2D eigenvalue weighted by atomic mass is 9.83. The van der Waals surface area contributed by atoms with Crippen LogP contribution in [0.2, 0.25) is 0 Å². The van der Waals surface area contributed by atoms with Crippen molar-refractivity contribution in [3.63, 3.8) is 0 Å². The summed E-state index contributed by atoms with van der Waals surface area (Å²) in [6.07, 6.45) is 9.48. The molecule has 2 aliphatic carbocycles. The maximum Gasteiger partial charge on any atom is 0.0962 e. The highest BCUT2D eigenvalue weighted by Gasteiger charge is 2.29. The van der Waals surface area contributed by atoms with Gasteiger partial charge in [-0.05, 0) is 38.0 Å². The lowest BCUT2D eigenvalue weighted by Gasteiger charge is -2.25. The number of aryl methyl sites for hydroxylation is 1. The van der Waals surface area contributed by atoms with Crippen LogP contribution in [-0.2, 0) is 6.42 Å². The molecule has 1 N–H and O–H groups in total. The molecule has 118 valence electrons. The Morgan fingerprint density at radius 3 is 2.86 bits per heavy atom. The zero-order valence-electron chi connectivity index (χ0n) is 13.8. The maximum absolute atomic E-state index is 5.15. The quantitative estimate of drug-likeness (QED) is 0.859. The van der Waals surface area contributed by atoms with E-state index in [0.29, 0.717) is 12.0 Å². The zero-order valence-corrected chi connectivity index (χ0v) is 14.6. The number of nitrogens with one attached hydrogen (secondary N) is 1. The van der Waals surface area contributed by atoms with Crippen LogP contribution in [0.3, 0.4) is 0 Å². The second kappa shape index (κ2) is 6.78. The molecule has 0 bridgehead atoms. The number of thiazole rings is 1. The molecule has 1 saturated carbocycles. The molecule has 21 heavy (non-hydrogen) atoms. The molecule has 1 fully saturated rings. The standard InChI is InChI=1S/C18H30N2S/c1-12(2)19-11-15-8-5-9-16-17(15)20-18(21-16)14-7-4-6-13(3)10-14/h12-15,19H,4-11H2,1-3H3. The van der Waals surface area contributed by atoms with Crippen molar-refractivity contribution in [2.45, 2.75) is 83.6 Å². The van der Waals surface area contributed by atoms with Crippen molar-refractivity contribution in [2.24, 2.45) is 5.92 Å². The molecule has 2 nitrogen and oxygen atoms in total. The first-order chi connectivity index (χ1) is 10.1. The normalized spacial score (nSPS) is 29.6. The largest absolute Gasteiger partial charge is 0.314 e. The Labute approximate surface area is 133 Å². The van der Waals surface area contributed by atoms with Gasteiger partial charge < -0.3 is 5.32 Å². The number of fused-ring (bicyclic) bond motifs is 1. The number of nitrogens with zero attached hydrogens (tertiary/aromatic N) is 1. The Morgan fingerprint density at radius 2 is 2.10 bits per heavy atom. The summed E-state index contributed by atoms with van der Waals surface area (Å²) in [6.45, 7) is 7.99. The monoisotopic (exact) mass is 306 g/mol. The van der Waals surface area contributed by atoms with Crippen LogP contribution in [0.15, 0.2) is 0 Å². The van der Waals surface area contributed by atoms with E-state index >= 15 is 0 Å². The van der Waals surface area contributed by atoms with Gasteiger partial charge in [-0.2, -0.15) is 0 Å². The predicted molar refractivity (Wildman–Crippen MR) is 91.3 cm³/mol. The fourth-order valence-corrected chi connectivity index (χ4v) is 5.28. The third kappa shape index (κ3) is 3.68. The van der Waals surface area contributed by atoms with E-state index < -0.39 is 0 Å². The first-order valence-electron chi connectivity index (χ1n) is 8.86.